The zero-order chi connectivity index (χ0) is 41.1. The van der Waals surface area contributed by atoms with Gasteiger partial charge in [0, 0.05) is 46.2 Å². The zero-order valence-electron chi connectivity index (χ0n) is 35.1. The molecule has 306 valence electrons. The van der Waals surface area contributed by atoms with Crippen molar-refractivity contribution in [1.29, 1.82) is 0 Å². The van der Waals surface area contributed by atoms with Crippen molar-refractivity contribution < 1.29 is 38.2 Å². The van der Waals surface area contributed by atoms with Gasteiger partial charge in [-0.3, -0.25) is 19.2 Å². The minimum absolute atomic E-state index is 0.0314. The number of hydrogen-bond acceptors (Lipinski definition) is 9. The van der Waals surface area contributed by atoms with Gasteiger partial charge >= 0.3 is 6.15 Å². The molecule has 1 aliphatic rings. The molecule has 1 fully saturated rings. The highest BCUT2D eigenvalue weighted by molar-refractivity contribution is 5.90. The minimum atomic E-state index is -0.561. The number of hydrogen-bond donors (Lipinski definition) is 2. The van der Waals surface area contributed by atoms with Crippen molar-refractivity contribution in [3.8, 4) is 0 Å². The molecule has 1 heterocycles. The molecule has 0 aromatic heterocycles. The number of carbonyl (C=O) groups excluding carboxylic acids is 6. The van der Waals surface area contributed by atoms with E-state index < -0.39 is 24.0 Å². The average Bonchev–Trinajstić information content (AvgIpc) is 3.14. The molecule has 54 heavy (non-hydrogen) atoms. The van der Waals surface area contributed by atoms with Crippen LogP contribution in [0, 0.1) is 29.6 Å². The van der Waals surface area contributed by atoms with E-state index in [4.69, 9.17) is 19.1 Å². The highest BCUT2D eigenvalue weighted by Crippen LogP contribution is 2.30. The van der Waals surface area contributed by atoms with Gasteiger partial charge in [0.15, 0.2) is 5.78 Å². The third-order valence-electron chi connectivity index (χ3n) is 11.1. The Bertz CT molecular complexity index is 1320. The van der Waals surface area contributed by atoms with Gasteiger partial charge in [-0.2, -0.15) is 9.59 Å². The van der Waals surface area contributed by atoms with Crippen molar-refractivity contribution in [1.82, 2.24) is 20.4 Å². The summed E-state index contributed by atoms with van der Waals surface area (Å²) in [6.45, 7) is 16.6. The molecule has 9 atom stereocenters. The number of Topliss-reactive ketones (excluding diaryl/α,β-unsaturated/α-hetero) is 1. The Balaban J connectivity index is 0.00000469. The summed E-state index contributed by atoms with van der Waals surface area (Å²) in [4.78, 5) is 75.2. The van der Waals surface area contributed by atoms with Gasteiger partial charge in [0.2, 0.25) is 17.7 Å². The van der Waals surface area contributed by atoms with Crippen LogP contribution >= 0.6 is 0 Å². The van der Waals surface area contributed by atoms with Crippen LogP contribution in [0.1, 0.15) is 99.5 Å². The number of ketones is 1. The quantitative estimate of drug-likeness (QED) is 0.178. The molecule has 0 aliphatic carbocycles. The Morgan fingerprint density at radius 3 is 2.04 bits per heavy atom. The second kappa shape index (κ2) is 24.9. The van der Waals surface area contributed by atoms with Crippen molar-refractivity contribution >= 4 is 29.7 Å². The van der Waals surface area contributed by atoms with E-state index in [2.05, 4.69) is 36.6 Å². The van der Waals surface area contributed by atoms with Crippen LogP contribution in [0.2, 0.25) is 0 Å². The van der Waals surface area contributed by atoms with Crippen LogP contribution in [0.4, 0.5) is 0 Å². The van der Waals surface area contributed by atoms with Gasteiger partial charge in [0.25, 0.3) is 0 Å². The van der Waals surface area contributed by atoms with Gasteiger partial charge in [-0.05, 0) is 63.0 Å². The van der Waals surface area contributed by atoms with Crippen LogP contribution in [0.3, 0.4) is 0 Å². The molecule has 1 aliphatic heterocycles. The predicted molar refractivity (Wildman–Crippen MR) is 209 cm³/mol. The maximum absolute atomic E-state index is 14.3. The number of methoxy groups -OCH3 is 2. The largest absolute Gasteiger partial charge is 0.379 e. The highest BCUT2D eigenvalue weighted by atomic mass is 16.5. The Kier molecular flexibility index (Phi) is 22.4. The number of likely N-dealkylation sites (N-methyl/N-ethyl adjacent to an activating group) is 2. The molecule has 12 nitrogen and oxygen atoms in total. The van der Waals surface area contributed by atoms with Crippen LogP contribution in [0.25, 0.3) is 0 Å². The lowest BCUT2D eigenvalue weighted by molar-refractivity contribution is -0.191. The van der Waals surface area contributed by atoms with E-state index in [1.165, 1.54) is 0 Å². The number of carbonyl (C=O) groups is 4. The molecule has 0 saturated carbocycles. The molecule has 1 saturated heterocycles. The number of ether oxygens (including phenoxy) is 2. The first kappa shape index (κ1) is 48.6. The fourth-order valence-electron chi connectivity index (χ4n) is 7.94. The van der Waals surface area contributed by atoms with Crippen molar-refractivity contribution in [3.63, 3.8) is 0 Å². The lowest BCUT2D eigenvalue weighted by Crippen LogP contribution is -2.57. The summed E-state index contributed by atoms with van der Waals surface area (Å²) in [6.07, 6.45) is 3.49. The second-order valence-corrected chi connectivity index (χ2v) is 15.7. The summed E-state index contributed by atoms with van der Waals surface area (Å²) < 4.78 is 12.1. The van der Waals surface area contributed by atoms with Gasteiger partial charge in [-0.25, -0.2) is 0 Å². The van der Waals surface area contributed by atoms with Gasteiger partial charge in [-0.15, -0.1) is 0 Å². The first-order valence-corrected chi connectivity index (χ1v) is 19.7. The minimum Gasteiger partial charge on any atom is -0.379 e. The number of likely N-dealkylation sites (tertiary alicyclic amines) is 1. The zero-order valence-corrected chi connectivity index (χ0v) is 35.1. The Morgan fingerprint density at radius 2 is 1.54 bits per heavy atom. The molecule has 12 heteroatoms. The van der Waals surface area contributed by atoms with Gasteiger partial charge < -0.3 is 29.9 Å². The lowest BCUT2D eigenvalue weighted by atomic mass is 9.84. The molecule has 1 aromatic rings. The second-order valence-electron chi connectivity index (χ2n) is 15.7. The SMILES string of the molecule is CCC(C)[C@@H]([C@@H](CC(=O)N1CCCC[C@H]1[C@H](OC)[C@@H](C)C(=O)N[C@H](C)Cc1ccccc1)OC)N(C)C(=O)[C@@H](CC(=O)[C@@H](NC)C(C)C)C(C)C.O=C=O. The molecule has 1 aromatic carbocycles. The van der Waals surface area contributed by atoms with E-state index in [1.807, 2.05) is 64.6 Å². The van der Waals surface area contributed by atoms with Crippen LogP contribution in [-0.2, 0) is 44.7 Å². The summed E-state index contributed by atoms with van der Waals surface area (Å²) in [6, 6.07) is 9.06. The van der Waals surface area contributed by atoms with E-state index in [9.17, 15) is 19.2 Å². The summed E-state index contributed by atoms with van der Waals surface area (Å²) in [7, 11) is 6.79. The van der Waals surface area contributed by atoms with Gasteiger partial charge in [-0.1, -0.05) is 85.2 Å². The third kappa shape index (κ3) is 14.3. The molecule has 1 unspecified atom stereocenters. The van der Waals surface area contributed by atoms with E-state index in [0.717, 1.165) is 37.7 Å². The van der Waals surface area contributed by atoms with Crippen LogP contribution < -0.4 is 10.6 Å². The topological polar surface area (TPSA) is 151 Å². The third-order valence-corrected chi connectivity index (χ3v) is 11.1. The maximum atomic E-state index is 14.3. The van der Waals surface area contributed by atoms with E-state index >= 15 is 0 Å². The maximum Gasteiger partial charge on any atom is 0.373 e. The van der Waals surface area contributed by atoms with Crippen molar-refractivity contribution in [2.24, 2.45) is 29.6 Å². The standard InChI is InChI=1S/C41H70N4O6.CO2/c1-13-28(6)38(44(10)41(49)32(26(2)3)24-34(46)37(42-9)27(4)5)35(50-11)25-36(47)45-22-18-17-21-33(45)39(51-12)30(8)40(48)43-29(7)23-31-19-15-14-16-20-31;2-1-3/h14-16,19-20,26-30,32-33,35,37-39,42H,13,17-18,21-25H2,1-12H3,(H,43,48);/t28?,29-,30-,32+,33+,35-,37+,38+,39-;/m1./s1. The van der Waals surface area contributed by atoms with E-state index in [-0.39, 0.29) is 84.4 Å². The summed E-state index contributed by atoms with van der Waals surface area (Å²) in [5.41, 5.74) is 1.16. The first-order valence-electron chi connectivity index (χ1n) is 19.7. The normalized spacial score (nSPS) is 18.9. The molecule has 2 rings (SSSR count). The molecule has 0 radical (unpaired) electrons. The number of nitrogens with zero attached hydrogens (tertiary/aromatic N) is 2. The Morgan fingerprint density at radius 1 is 0.926 bits per heavy atom. The Labute approximate surface area is 324 Å². The smallest absolute Gasteiger partial charge is 0.373 e. The molecular weight excluding hydrogens is 688 g/mol. The van der Waals surface area contributed by atoms with Gasteiger partial charge in [0.05, 0.1) is 42.7 Å². The van der Waals surface area contributed by atoms with Gasteiger partial charge in [0.1, 0.15) is 0 Å². The molecule has 2 N–H and O–H groups in total. The Hall–Kier alpha value is -3.44. The number of nitrogens with one attached hydrogen (secondary N) is 2. The number of amides is 3. The van der Waals surface area contributed by atoms with E-state index in [1.54, 1.807) is 33.2 Å². The molecule has 3 amide bonds. The molecule has 0 spiro atoms. The monoisotopic (exact) mass is 759 g/mol. The van der Waals surface area contributed by atoms with Crippen LogP contribution in [-0.4, -0.2) is 111 Å². The molecular formula is C42H70N4O8. The summed E-state index contributed by atoms with van der Waals surface area (Å²) >= 11 is 0. The average molecular weight is 759 g/mol. The summed E-state index contributed by atoms with van der Waals surface area (Å²) in [5.74, 6) is -1.11. The fourth-order valence-corrected chi connectivity index (χ4v) is 7.94. The molecule has 0 bridgehead atoms. The van der Waals surface area contributed by atoms with Crippen molar-refractivity contribution in [3.05, 3.63) is 35.9 Å². The number of piperidine rings is 1. The van der Waals surface area contributed by atoms with Crippen LogP contribution in [0.15, 0.2) is 30.3 Å². The highest BCUT2D eigenvalue weighted by Gasteiger charge is 2.42. The van der Waals surface area contributed by atoms with Crippen molar-refractivity contribution in [2.45, 2.75) is 137 Å². The lowest BCUT2D eigenvalue weighted by Gasteiger charge is -2.43. The van der Waals surface area contributed by atoms with Crippen molar-refractivity contribution in [2.75, 3.05) is 34.9 Å². The fraction of sp³-hybridized carbons (Fsp3) is 0.738. The van der Waals surface area contributed by atoms with Crippen LogP contribution in [0.5, 0.6) is 0 Å². The number of rotatable bonds is 21. The summed E-state index contributed by atoms with van der Waals surface area (Å²) in [5, 5.41) is 6.28. The number of benzene rings is 1. The van der Waals surface area contributed by atoms with E-state index in [0.29, 0.717) is 6.54 Å². The predicted octanol–water partition coefficient (Wildman–Crippen LogP) is 4.94. The first-order chi connectivity index (χ1) is 25.5.